The number of amides is 1. The van der Waals surface area contributed by atoms with Gasteiger partial charge in [-0.1, -0.05) is 30.3 Å². The number of rotatable bonds is 4. The lowest BCUT2D eigenvalue weighted by Crippen LogP contribution is -2.32. The summed E-state index contributed by atoms with van der Waals surface area (Å²) in [5.74, 6) is -0.651. The lowest BCUT2D eigenvalue weighted by Gasteiger charge is -2.28. The molecule has 1 aromatic rings. The molecule has 0 saturated heterocycles. The fourth-order valence-corrected chi connectivity index (χ4v) is 1.66. The highest BCUT2D eigenvalue weighted by Crippen LogP contribution is 2.30. The maximum atomic E-state index is 10.9. The third kappa shape index (κ3) is 3.36. The van der Waals surface area contributed by atoms with Crippen molar-refractivity contribution in [1.82, 2.24) is 0 Å². The quantitative estimate of drug-likeness (QED) is 0.784. The van der Waals surface area contributed by atoms with Gasteiger partial charge in [0.25, 0.3) is 0 Å². The molecule has 0 radical (unpaired) electrons. The Kier molecular flexibility index (Phi) is 3.48. The van der Waals surface area contributed by atoms with Gasteiger partial charge in [0.2, 0.25) is 5.91 Å². The van der Waals surface area contributed by atoms with Gasteiger partial charge in [0.15, 0.2) is 0 Å². The summed E-state index contributed by atoms with van der Waals surface area (Å²) < 4.78 is 0. The van der Waals surface area contributed by atoms with Crippen LogP contribution in [0, 0.1) is 0 Å². The van der Waals surface area contributed by atoms with Crippen molar-refractivity contribution in [3.8, 4) is 0 Å². The van der Waals surface area contributed by atoms with Crippen LogP contribution in [0.1, 0.15) is 31.7 Å². The summed E-state index contributed by atoms with van der Waals surface area (Å²) >= 11 is 0. The topological polar surface area (TPSA) is 63.3 Å². The molecule has 0 heterocycles. The van der Waals surface area contributed by atoms with E-state index in [9.17, 15) is 9.90 Å². The van der Waals surface area contributed by atoms with Crippen LogP contribution in [0.25, 0.3) is 0 Å². The van der Waals surface area contributed by atoms with E-state index in [0.29, 0.717) is 0 Å². The Morgan fingerprint density at radius 3 is 2.33 bits per heavy atom. The Hall–Kier alpha value is -1.35. The highest BCUT2D eigenvalue weighted by Gasteiger charge is 2.29. The number of benzene rings is 1. The summed E-state index contributed by atoms with van der Waals surface area (Å²) in [4.78, 5) is 10.9. The molecule has 0 aliphatic carbocycles. The van der Waals surface area contributed by atoms with Crippen LogP contribution >= 0.6 is 0 Å². The van der Waals surface area contributed by atoms with Crippen LogP contribution in [-0.4, -0.2) is 16.6 Å². The fourth-order valence-electron chi connectivity index (χ4n) is 1.66. The first kappa shape index (κ1) is 11.7. The summed E-state index contributed by atoms with van der Waals surface area (Å²) in [5.41, 5.74) is 5.16. The first-order chi connectivity index (χ1) is 6.91. The van der Waals surface area contributed by atoms with Crippen molar-refractivity contribution in [2.24, 2.45) is 5.73 Å². The molecule has 1 amide bonds. The fraction of sp³-hybridized carbons (Fsp3) is 0.417. The average Bonchev–Trinajstić information content (AvgIpc) is 2.14. The molecule has 82 valence electrons. The van der Waals surface area contributed by atoms with E-state index in [4.69, 9.17) is 5.73 Å². The summed E-state index contributed by atoms with van der Waals surface area (Å²) in [6.45, 7) is 3.38. The third-order valence-electron chi connectivity index (χ3n) is 2.46. The third-order valence-corrected chi connectivity index (χ3v) is 2.46. The summed E-state index contributed by atoms with van der Waals surface area (Å²) in [6, 6.07) is 9.45. The molecule has 3 heteroatoms. The van der Waals surface area contributed by atoms with Crippen LogP contribution in [0.4, 0.5) is 0 Å². The molecule has 0 aliphatic heterocycles. The number of hydrogen-bond donors (Lipinski definition) is 2. The Bertz CT molecular complexity index is 327. The normalized spacial score (nSPS) is 13.5. The van der Waals surface area contributed by atoms with Crippen molar-refractivity contribution in [1.29, 1.82) is 0 Å². The monoisotopic (exact) mass is 207 g/mol. The van der Waals surface area contributed by atoms with Crippen LogP contribution in [0.2, 0.25) is 0 Å². The number of aliphatic hydroxyl groups is 1. The van der Waals surface area contributed by atoms with Crippen molar-refractivity contribution >= 4 is 5.91 Å². The maximum absolute atomic E-state index is 10.9. The number of primary amides is 1. The van der Waals surface area contributed by atoms with Gasteiger partial charge in [0, 0.05) is 12.3 Å². The maximum Gasteiger partial charge on any atom is 0.218 e. The second kappa shape index (κ2) is 4.45. The van der Waals surface area contributed by atoms with Gasteiger partial charge < -0.3 is 10.8 Å². The van der Waals surface area contributed by atoms with Gasteiger partial charge in [-0.25, -0.2) is 0 Å². The minimum atomic E-state index is -0.948. The zero-order chi connectivity index (χ0) is 11.5. The van der Waals surface area contributed by atoms with Gasteiger partial charge in [-0.05, 0) is 19.4 Å². The second-order valence-electron chi connectivity index (χ2n) is 4.29. The van der Waals surface area contributed by atoms with E-state index in [-0.39, 0.29) is 12.3 Å². The molecule has 0 spiro atoms. The first-order valence-electron chi connectivity index (χ1n) is 4.97. The molecule has 1 aromatic carbocycles. The number of hydrogen-bond acceptors (Lipinski definition) is 2. The molecule has 0 aromatic heterocycles. The number of nitrogens with two attached hydrogens (primary N) is 1. The average molecular weight is 207 g/mol. The van der Waals surface area contributed by atoms with Crippen molar-refractivity contribution in [2.45, 2.75) is 31.8 Å². The van der Waals surface area contributed by atoms with Crippen molar-refractivity contribution in [2.75, 3.05) is 0 Å². The number of carbonyl (C=O) groups excluding carboxylic acids is 1. The first-order valence-corrected chi connectivity index (χ1v) is 4.97. The highest BCUT2D eigenvalue weighted by atomic mass is 16.3. The van der Waals surface area contributed by atoms with Crippen LogP contribution in [0.5, 0.6) is 0 Å². The molecular weight excluding hydrogens is 190 g/mol. The van der Waals surface area contributed by atoms with Crippen LogP contribution in [-0.2, 0) is 4.79 Å². The van der Waals surface area contributed by atoms with Gasteiger partial charge in [0.1, 0.15) is 0 Å². The summed E-state index contributed by atoms with van der Waals surface area (Å²) in [6.07, 6.45) is 0.160. The van der Waals surface area contributed by atoms with Crippen molar-refractivity contribution < 1.29 is 9.90 Å². The Balaban J connectivity index is 2.97. The molecule has 15 heavy (non-hydrogen) atoms. The van der Waals surface area contributed by atoms with E-state index in [1.165, 1.54) is 0 Å². The largest absolute Gasteiger partial charge is 0.390 e. The molecule has 0 bridgehead atoms. The van der Waals surface area contributed by atoms with Gasteiger partial charge in [-0.2, -0.15) is 0 Å². The standard InChI is InChI=1S/C12H17NO2/c1-12(2,15)10(8-11(13)14)9-6-4-3-5-7-9/h3-7,10,15H,8H2,1-2H3,(H2,13,14)/t10-/m0/s1. The Morgan fingerprint density at radius 2 is 1.93 bits per heavy atom. The zero-order valence-electron chi connectivity index (χ0n) is 9.10. The van der Waals surface area contributed by atoms with Gasteiger partial charge in [-0.3, -0.25) is 4.79 Å². The lowest BCUT2D eigenvalue weighted by molar-refractivity contribution is -0.119. The van der Waals surface area contributed by atoms with E-state index in [2.05, 4.69) is 0 Å². The van der Waals surface area contributed by atoms with Gasteiger partial charge >= 0.3 is 0 Å². The summed E-state index contributed by atoms with van der Waals surface area (Å²) in [7, 11) is 0. The molecule has 0 saturated carbocycles. The van der Waals surface area contributed by atoms with Crippen LogP contribution < -0.4 is 5.73 Å². The molecule has 0 aliphatic rings. The number of carbonyl (C=O) groups is 1. The van der Waals surface area contributed by atoms with E-state index >= 15 is 0 Å². The minimum Gasteiger partial charge on any atom is -0.390 e. The van der Waals surface area contributed by atoms with Gasteiger partial charge in [0.05, 0.1) is 5.60 Å². The van der Waals surface area contributed by atoms with Crippen LogP contribution in [0.15, 0.2) is 30.3 Å². The summed E-state index contributed by atoms with van der Waals surface area (Å²) in [5, 5.41) is 9.97. The smallest absolute Gasteiger partial charge is 0.218 e. The molecule has 0 unspecified atom stereocenters. The lowest BCUT2D eigenvalue weighted by atomic mass is 9.82. The predicted octanol–water partition coefficient (Wildman–Crippen LogP) is 1.42. The Morgan fingerprint density at radius 1 is 1.40 bits per heavy atom. The van der Waals surface area contributed by atoms with E-state index in [0.717, 1.165) is 5.56 Å². The van der Waals surface area contributed by atoms with Crippen LogP contribution in [0.3, 0.4) is 0 Å². The van der Waals surface area contributed by atoms with Gasteiger partial charge in [-0.15, -0.1) is 0 Å². The molecule has 1 rings (SSSR count). The highest BCUT2D eigenvalue weighted by molar-refractivity contribution is 5.75. The molecule has 3 N–H and O–H groups in total. The zero-order valence-corrected chi connectivity index (χ0v) is 9.10. The van der Waals surface area contributed by atoms with E-state index in [1.54, 1.807) is 13.8 Å². The van der Waals surface area contributed by atoms with Crippen molar-refractivity contribution in [3.63, 3.8) is 0 Å². The Labute approximate surface area is 89.9 Å². The van der Waals surface area contributed by atoms with E-state index in [1.807, 2.05) is 30.3 Å². The van der Waals surface area contributed by atoms with E-state index < -0.39 is 11.5 Å². The molecular formula is C12H17NO2. The second-order valence-corrected chi connectivity index (χ2v) is 4.29. The van der Waals surface area contributed by atoms with Crippen molar-refractivity contribution in [3.05, 3.63) is 35.9 Å². The molecule has 0 fully saturated rings. The minimum absolute atomic E-state index is 0.160. The molecule has 1 atom stereocenters. The predicted molar refractivity (Wildman–Crippen MR) is 59.3 cm³/mol. The SMILES string of the molecule is CC(C)(O)[C@@H](CC(N)=O)c1ccccc1. The molecule has 3 nitrogen and oxygen atoms in total.